The van der Waals surface area contributed by atoms with Gasteiger partial charge in [0.15, 0.2) is 11.5 Å². The van der Waals surface area contributed by atoms with Gasteiger partial charge in [-0.1, -0.05) is 24.3 Å². The molecule has 1 atom stereocenters. The number of hydrogen-bond donors (Lipinski definition) is 1. The van der Waals surface area contributed by atoms with Gasteiger partial charge in [0, 0.05) is 11.6 Å². The van der Waals surface area contributed by atoms with Crippen LogP contribution in [0.5, 0.6) is 11.5 Å². The summed E-state index contributed by atoms with van der Waals surface area (Å²) in [4.78, 5) is 12.8. The minimum absolute atomic E-state index is 0.0935. The van der Waals surface area contributed by atoms with Gasteiger partial charge in [0.2, 0.25) is 10.0 Å². The number of amides is 1. The highest BCUT2D eigenvalue weighted by Gasteiger charge is 2.39. The van der Waals surface area contributed by atoms with E-state index in [2.05, 4.69) is 17.1 Å². The number of nitrogens with zero attached hydrogens (tertiary/aromatic N) is 2. The summed E-state index contributed by atoms with van der Waals surface area (Å²) in [6.45, 7) is 4.21. The van der Waals surface area contributed by atoms with Crippen molar-refractivity contribution in [1.82, 2.24) is 9.73 Å². The van der Waals surface area contributed by atoms with Crippen LogP contribution in [0.1, 0.15) is 18.4 Å². The summed E-state index contributed by atoms with van der Waals surface area (Å²) in [5.74, 6) is 0.579. The van der Waals surface area contributed by atoms with E-state index in [-0.39, 0.29) is 11.4 Å². The summed E-state index contributed by atoms with van der Waals surface area (Å²) in [6.07, 6.45) is 4.07. The zero-order valence-electron chi connectivity index (χ0n) is 17.5. The Labute approximate surface area is 192 Å². The van der Waals surface area contributed by atoms with Crippen molar-refractivity contribution in [2.24, 2.45) is 5.10 Å². The number of carbonyl (C=O) groups excluding carboxylic acids is 1. The third-order valence-corrected chi connectivity index (χ3v) is 7.03. The van der Waals surface area contributed by atoms with Crippen LogP contribution in [0.3, 0.4) is 0 Å². The van der Waals surface area contributed by atoms with Gasteiger partial charge in [0.1, 0.15) is 12.6 Å². The van der Waals surface area contributed by atoms with Crippen LogP contribution >= 0.6 is 11.6 Å². The number of halogens is 1. The van der Waals surface area contributed by atoms with Crippen molar-refractivity contribution in [3.63, 3.8) is 0 Å². The number of sulfonamides is 1. The normalized spacial score (nSPS) is 16.8. The lowest BCUT2D eigenvalue weighted by atomic mass is 10.2. The maximum atomic E-state index is 13.0. The third-order valence-electron chi connectivity index (χ3n) is 4.86. The van der Waals surface area contributed by atoms with Crippen molar-refractivity contribution in [1.29, 1.82) is 0 Å². The molecule has 0 spiro atoms. The van der Waals surface area contributed by atoms with Crippen molar-refractivity contribution in [2.75, 3.05) is 20.3 Å². The van der Waals surface area contributed by atoms with Gasteiger partial charge in [0.05, 0.1) is 18.2 Å². The van der Waals surface area contributed by atoms with Gasteiger partial charge in [-0.25, -0.2) is 13.8 Å². The minimum Gasteiger partial charge on any atom is -0.493 e. The SMILES string of the molecule is C=CCOc1ccc(/C=N\NC(=O)[C@H]2CCCN2S(=O)(=O)c2ccc(Cl)cc2)cc1OC. The molecule has 1 heterocycles. The largest absolute Gasteiger partial charge is 0.493 e. The molecule has 0 aliphatic carbocycles. The first-order valence-electron chi connectivity index (χ1n) is 9.89. The molecule has 32 heavy (non-hydrogen) atoms. The molecule has 2 aromatic carbocycles. The van der Waals surface area contributed by atoms with E-state index in [4.69, 9.17) is 21.1 Å². The number of rotatable bonds is 9. The average Bonchev–Trinajstić information content (AvgIpc) is 3.29. The first-order valence-corrected chi connectivity index (χ1v) is 11.7. The number of carbonyl (C=O) groups is 1. The fraction of sp³-hybridized carbons (Fsp3) is 0.273. The molecule has 1 N–H and O–H groups in total. The Morgan fingerprint density at radius 2 is 2.03 bits per heavy atom. The Balaban J connectivity index is 1.68. The molecule has 0 aromatic heterocycles. The molecule has 0 unspecified atom stereocenters. The standard InChI is InChI=1S/C22H24ClN3O5S/c1-3-13-31-20-11-6-16(14-21(20)30-2)15-24-25-22(27)19-5-4-12-26(19)32(28,29)18-9-7-17(23)8-10-18/h3,6-11,14-15,19H,1,4-5,12-13H2,2H3,(H,25,27)/b24-15-/t19-/m1/s1. The Morgan fingerprint density at radius 3 is 2.72 bits per heavy atom. The van der Waals surface area contributed by atoms with E-state index in [1.807, 2.05) is 0 Å². The number of methoxy groups -OCH3 is 1. The van der Waals surface area contributed by atoms with Gasteiger partial charge >= 0.3 is 0 Å². The van der Waals surface area contributed by atoms with Crippen LogP contribution < -0.4 is 14.9 Å². The molecule has 1 aliphatic rings. The smallest absolute Gasteiger partial charge is 0.258 e. The molecular formula is C22H24ClN3O5S. The van der Waals surface area contributed by atoms with E-state index >= 15 is 0 Å². The highest BCUT2D eigenvalue weighted by Crippen LogP contribution is 2.28. The van der Waals surface area contributed by atoms with Gasteiger partial charge in [-0.3, -0.25) is 4.79 Å². The van der Waals surface area contributed by atoms with Crippen LogP contribution in [0, 0.1) is 0 Å². The lowest BCUT2D eigenvalue weighted by Gasteiger charge is -2.22. The predicted octanol–water partition coefficient (Wildman–Crippen LogP) is 3.22. The summed E-state index contributed by atoms with van der Waals surface area (Å²) in [6, 6.07) is 10.2. The first-order chi connectivity index (χ1) is 15.4. The molecule has 1 aliphatic heterocycles. The van der Waals surface area contributed by atoms with Crippen molar-refractivity contribution < 1.29 is 22.7 Å². The van der Waals surface area contributed by atoms with Gasteiger partial charge in [-0.15, -0.1) is 0 Å². The van der Waals surface area contributed by atoms with E-state index in [0.29, 0.717) is 41.5 Å². The molecule has 1 fully saturated rings. The van der Waals surface area contributed by atoms with Gasteiger partial charge < -0.3 is 9.47 Å². The number of ether oxygens (including phenoxy) is 2. The molecule has 1 amide bonds. The number of hydrogen-bond acceptors (Lipinski definition) is 6. The zero-order chi connectivity index (χ0) is 23.1. The molecular weight excluding hydrogens is 454 g/mol. The fourth-order valence-electron chi connectivity index (χ4n) is 3.31. The van der Waals surface area contributed by atoms with Crippen molar-refractivity contribution in [2.45, 2.75) is 23.8 Å². The molecule has 10 heteroatoms. The molecule has 170 valence electrons. The summed E-state index contributed by atoms with van der Waals surface area (Å²) in [7, 11) is -2.30. The van der Waals surface area contributed by atoms with Crippen LogP contribution in [0.2, 0.25) is 5.02 Å². The summed E-state index contributed by atoms with van der Waals surface area (Å²) < 4.78 is 37.9. The number of hydrazone groups is 1. The van der Waals surface area contributed by atoms with E-state index in [9.17, 15) is 13.2 Å². The van der Waals surface area contributed by atoms with E-state index in [0.717, 1.165) is 0 Å². The van der Waals surface area contributed by atoms with Crippen LogP contribution in [0.4, 0.5) is 0 Å². The molecule has 0 saturated carbocycles. The monoisotopic (exact) mass is 477 g/mol. The van der Waals surface area contributed by atoms with Crippen molar-refractivity contribution in [3.05, 3.63) is 65.7 Å². The predicted molar refractivity (Wildman–Crippen MR) is 123 cm³/mol. The molecule has 1 saturated heterocycles. The van der Waals surface area contributed by atoms with Gasteiger partial charge in [0.25, 0.3) is 5.91 Å². The topological polar surface area (TPSA) is 97.3 Å². The van der Waals surface area contributed by atoms with Crippen molar-refractivity contribution in [3.8, 4) is 11.5 Å². The molecule has 8 nitrogen and oxygen atoms in total. The van der Waals surface area contributed by atoms with E-state index in [1.165, 1.54) is 41.9 Å². The quantitative estimate of drug-likeness (QED) is 0.340. The lowest BCUT2D eigenvalue weighted by Crippen LogP contribution is -2.44. The molecule has 0 bridgehead atoms. The maximum absolute atomic E-state index is 13.0. The van der Waals surface area contributed by atoms with E-state index < -0.39 is 22.0 Å². The Morgan fingerprint density at radius 1 is 1.28 bits per heavy atom. The number of nitrogens with one attached hydrogen (secondary N) is 1. The number of benzene rings is 2. The van der Waals surface area contributed by atoms with Crippen LogP contribution in [-0.4, -0.2) is 51.1 Å². The summed E-state index contributed by atoms with van der Waals surface area (Å²) in [5.41, 5.74) is 3.11. The Kier molecular flexibility index (Phi) is 7.89. The zero-order valence-corrected chi connectivity index (χ0v) is 19.1. The fourth-order valence-corrected chi connectivity index (χ4v) is 5.09. The van der Waals surface area contributed by atoms with Crippen LogP contribution in [0.25, 0.3) is 0 Å². The minimum atomic E-state index is -3.82. The Hall–Kier alpha value is -2.88. The van der Waals surface area contributed by atoms with Gasteiger partial charge in [-0.05, 0) is 60.9 Å². The van der Waals surface area contributed by atoms with Crippen LogP contribution in [0.15, 0.2) is 65.1 Å². The molecule has 0 radical (unpaired) electrons. The Bertz CT molecular complexity index is 1100. The van der Waals surface area contributed by atoms with Crippen molar-refractivity contribution >= 4 is 33.7 Å². The summed E-state index contributed by atoms with van der Waals surface area (Å²) >= 11 is 5.85. The lowest BCUT2D eigenvalue weighted by molar-refractivity contribution is -0.124. The second-order valence-electron chi connectivity index (χ2n) is 6.97. The van der Waals surface area contributed by atoms with Gasteiger partial charge in [-0.2, -0.15) is 9.41 Å². The average molecular weight is 478 g/mol. The summed E-state index contributed by atoms with van der Waals surface area (Å²) in [5, 5.41) is 4.41. The highest BCUT2D eigenvalue weighted by atomic mass is 35.5. The molecule has 2 aromatic rings. The second-order valence-corrected chi connectivity index (χ2v) is 9.30. The third kappa shape index (κ3) is 5.48. The highest BCUT2D eigenvalue weighted by molar-refractivity contribution is 7.89. The maximum Gasteiger partial charge on any atom is 0.258 e. The van der Waals surface area contributed by atoms with E-state index in [1.54, 1.807) is 24.3 Å². The first kappa shape index (κ1) is 23.8. The second kappa shape index (κ2) is 10.6. The molecule has 3 rings (SSSR count). The van der Waals surface area contributed by atoms with Crippen LogP contribution in [-0.2, 0) is 14.8 Å².